The second-order valence-corrected chi connectivity index (χ2v) is 6.86. The smallest absolute Gasteiger partial charge is 0.250 e. The van der Waals surface area contributed by atoms with E-state index in [-0.39, 0.29) is 5.91 Å². The summed E-state index contributed by atoms with van der Waals surface area (Å²) in [4.78, 5) is 17.2. The Morgan fingerprint density at radius 1 is 1.29 bits per heavy atom. The Balaban J connectivity index is 1.79. The monoisotopic (exact) mass is 354 g/mol. The zero-order valence-electron chi connectivity index (χ0n) is 10.5. The Labute approximate surface area is 138 Å². The van der Waals surface area contributed by atoms with Crippen molar-refractivity contribution in [3.05, 3.63) is 50.6 Å². The molecule has 1 aromatic carbocycles. The van der Waals surface area contributed by atoms with Gasteiger partial charge in [0, 0.05) is 11.0 Å². The van der Waals surface area contributed by atoms with Crippen LogP contribution < -0.4 is 5.32 Å². The number of carbonyl (C=O) groups is 1. The topological polar surface area (TPSA) is 42.0 Å². The van der Waals surface area contributed by atoms with E-state index in [4.69, 9.17) is 23.2 Å². The quantitative estimate of drug-likeness (QED) is 0.647. The number of benzene rings is 1. The molecule has 106 valence electrons. The number of nitrogens with one attached hydrogen (secondary N) is 1. The van der Waals surface area contributed by atoms with E-state index in [9.17, 15) is 4.79 Å². The number of hydrogen-bond acceptors (Lipinski definition) is 4. The molecular formula is C14H8Cl2N2OS2. The summed E-state index contributed by atoms with van der Waals surface area (Å²) in [6.45, 7) is 0. The molecule has 2 heterocycles. The molecule has 0 spiro atoms. The Bertz CT molecular complexity index is 825. The number of rotatable bonds is 3. The van der Waals surface area contributed by atoms with E-state index in [0.717, 1.165) is 9.58 Å². The standard InChI is InChI=1S/C14H8Cl2N2OS2/c15-9-4-5-10-13(12(9)16)18-14(21-10)17-11(19)6-3-8-2-1-7-20-8/h1-7H,(H,17,18,19). The third-order valence-electron chi connectivity index (χ3n) is 2.62. The summed E-state index contributed by atoms with van der Waals surface area (Å²) in [5.41, 5.74) is 0.603. The van der Waals surface area contributed by atoms with Crippen LogP contribution in [0.3, 0.4) is 0 Å². The van der Waals surface area contributed by atoms with Crippen LogP contribution in [-0.4, -0.2) is 10.9 Å². The second kappa shape index (κ2) is 6.15. The molecule has 0 saturated heterocycles. The molecule has 1 N–H and O–H groups in total. The van der Waals surface area contributed by atoms with Crippen molar-refractivity contribution in [2.24, 2.45) is 0 Å². The van der Waals surface area contributed by atoms with Crippen LogP contribution in [0.25, 0.3) is 16.3 Å². The van der Waals surface area contributed by atoms with Gasteiger partial charge in [-0.1, -0.05) is 40.6 Å². The van der Waals surface area contributed by atoms with E-state index in [0.29, 0.717) is 20.7 Å². The third-order valence-corrected chi connectivity index (χ3v) is 5.19. The van der Waals surface area contributed by atoms with Crippen LogP contribution in [0.5, 0.6) is 0 Å². The van der Waals surface area contributed by atoms with Gasteiger partial charge in [0.15, 0.2) is 5.13 Å². The van der Waals surface area contributed by atoms with Crippen LogP contribution >= 0.6 is 45.9 Å². The van der Waals surface area contributed by atoms with Crippen molar-refractivity contribution in [3.8, 4) is 0 Å². The molecule has 0 saturated carbocycles. The van der Waals surface area contributed by atoms with Crippen molar-refractivity contribution >= 4 is 73.2 Å². The maximum absolute atomic E-state index is 11.9. The number of hydrogen-bond donors (Lipinski definition) is 1. The molecule has 3 aromatic rings. The molecule has 0 atom stereocenters. The van der Waals surface area contributed by atoms with Gasteiger partial charge in [0.05, 0.1) is 14.7 Å². The van der Waals surface area contributed by atoms with Gasteiger partial charge in [0.25, 0.3) is 0 Å². The molecule has 0 aliphatic carbocycles. The Kier molecular flexibility index (Phi) is 4.26. The summed E-state index contributed by atoms with van der Waals surface area (Å²) in [7, 11) is 0. The van der Waals surface area contributed by atoms with Crippen molar-refractivity contribution < 1.29 is 4.79 Å². The predicted molar refractivity (Wildman–Crippen MR) is 91.6 cm³/mol. The second-order valence-electron chi connectivity index (χ2n) is 4.07. The van der Waals surface area contributed by atoms with E-state index < -0.39 is 0 Å². The number of carbonyl (C=O) groups excluding carboxylic acids is 1. The van der Waals surface area contributed by atoms with Crippen LogP contribution in [0.15, 0.2) is 35.7 Å². The van der Waals surface area contributed by atoms with Crippen LogP contribution in [0.2, 0.25) is 10.0 Å². The van der Waals surface area contributed by atoms with Crippen molar-refractivity contribution in [2.75, 3.05) is 5.32 Å². The number of halogens is 2. The van der Waals surface area contributed by atoms with E-state index in [1.165, 1.54) is 17.4 Å². The number of nitrogens with zero attached hydrogens (tertiary/aromatic N) is 1. The maximum atomic E-state index is 11.9. The normalized spacial score (nSPS) is 11.3. The SMILES string of the molecule is O=C(C=Cc1cccs1)Nc1nc2c(Cl)c(Cl)ccc2s1. The predicted octanol–water partition coefficient (Wildman–Crippen LogP) is 5.32. The molecule has 0 unspecified atom stereocenters. The average Bonchev–Trinajstić information content (AvgIpc) is 3.10. The summed E-state index contributed by atoms with van der Waals surface area (Å²) >= 11 is 15.0. The molecule has 3 rings (SSSR count). The molecule has 2 aromatic heterocycles. The fourth-order valence-corrected chi connectivity index (χ4v) is 3.59. The number of thiophene rings is 1. The lowest BCUT2D eigenvalue weighted by Crippen LogP contribution is -2.07. The Hall–Kier alpha value is -1.40. The summed E-state index contributed by atoms with van der Waals surface area (Å²) < 4.78 is 0.877. The first-order valence-corrected chi connectivity index (χ1v) is 8.36. The van der Waals surface area contributed by atoms with Gasteiger partial charge in [-0.2, -0.15) is 0 Å². The highest BCUT2D eigenvalue weighted by molar-refractivity contribution is 7.22. The molecule has 0 aliphatic heterocycles. The van der Waals surface area contributed by atoms with Crippen LogP contribution in [0.1, 0.15) is 4.88 Å². The minimum absolute atomic E-state index is 0.232. The van der Waals surface area contributed by atoms with Gasteiger partial charge in [0.1, 0.15) is 5.52 Å². The molecule has 3 nitrogen and oxygen atoms in total. The van der Waals surface area contributed by atoms with Gasteiger partial charge in [-0.05, 0) is 29.7 Å². The highest BCUT2D eigenvalue weighted by Gasteiger charge is 2.11. The Morgan fingerprint density at radius 3 is 2.90 bits per heavy atom. The van der Waals surface area contributed by atoms with Crippen molar-refractivity contribution in [1.82, 2.24) is 4.98 Å². The fraction of sp³-hybridized carbons (Fsp3) is 0. The number of amides is 1. The molecular weight excluding hydrogens is 347 g/mol. The zero-order valence-corrected chi connectivity index (χ0v) is 13.6. The first-order valence-electron chi connectivity index (χ1n) is 5.90. The minimum atomic E-state index is -0.232. The first-order chi connectivity index (χ1) is 10.1. The number of aromatic nitrogens is 1. The van der Waals surface area contributed by atoms with Crippen LogP contribution in [0.4, 0.5) is 5.13 Å². The summed E-state index contributed by atoms with van der Waals surface area (Å²) in [6.07, 6.45) is 3.24. The number of thiazole rings is 1. The van der Waals surface area contributed by atoms with E-state index in [2.05, 4.69) is 10.3 Å². The fourth-order valence-electron chi connectivity index (χ4n) is 1.68. The minimum Gasteiger partial charge on any atom is -0.298 e. The Morgan fingerprint density at radius 2 is 2.14 bits per heavy atom. The largest absolute Gasteiger partial charge is 0.298 e. The summed E-state index contributed by atoms with van der Waals surface area (Å²) in [5.74, 6) is -0.232. The van der Waals surface area contributed by atoms with Gasteiger partial charge in [-0.25, -0.2) is 4.98 Å². The van der Waals surface area contributed by atoms with Gasteiger partial charge < -0.3 is 0 Å². The molecule has 0 fully saturated rings. The van der Waals surface area contributed by atoms with Crippen molar-refractivity contribution in [3.63, 3.8) is 0 Å². The highest BCUT2D eigenvalue weighted by atomic mass is 35.5. The number of fused-ring (bicyclic) bond motifs is 1. The third kappa shape index (κ3) is 3.27. The molecule has 0 aliphatic rings. The van der Waals surface area contributed by atoms with Gasteiger partial charge in [-0.15, -0.1) is 11.3 Å². The molecule has 1 amide bonds. The molecule has 7 heteroatoms. The van der Waals surface area contributed by atoms with E-state index >= 15 is 0 Å². The highest BCUT2D eigenvalue weighted by Crippen LogP contribution is 2.35. The van der Waals surface area contributed by atoms with Crippen molar-refractivity contribution in [2.45, 2.75) is 0 Å². The summed E-state index contributed by atoms with van der Waals surface area (Å²) in [6, 6.07) is 7.42. The van der Waals surface area contributed by atoms with Crippen LogP contribution in [0, 0.1) is 0 Å². The lowest BCUT2D eigenvalue weighted by atomic mass is 10.3. The lowest BCUT2D eigenvalue weighted by Gasteiger charge is -1.95. The first kappa shape index (κ1) is 14.5. The number of anilines is 1. The van der Waals surface area contributed by atoms with Gasteiger partial charge >= 0.3 is 0 Å². The lowest BCUT2D eigenvalue weighted by molar-refractivity contribution is -0.111. The molecule has 0 bridgehead atoms. The summed E-state index contributed by atoms with van der Waals surface area (Å²) in [5, 5.41) is 6.03. The maximum Gasteiger partial charge on any atom is 0.250 e. The van der Waals surface area contributed by atoms with Gasteiger partial charge in [-0.3, -0.25) is 10.1 Å². The van der Waals surface area contributed by atoms with Crippen molar-refractivity contribution in [1.29, 1.82) is 0 Å². The van der Waals surface area contributed by atoms with Gasteiger partial charge in [0.2, 0.25) is 5.91 Å². The zero-order chi connectivity index (χ0) is 14.8. The van der Waals surface area contributed by atoms with E-state index in [1.54, 1.807) is 23.5 Å². The average molecular weight is 355 g/mol. The molecule has 0 radical (unpaired) electrons. The van der Waals surface area contributed by atoms with Crippen LogP contribution in [-0.2, 0) is 4.79 Å². The molecule has 21 heavy (non-hydrogen) atoms. The van der Waals surface area contributed by atoms with E-state index in [1.807, 2.05) is 23.6 Å².